The Morgan fingerprint density at radius 3 is 2.74 bits per heavy atom. The first kappa shape index (κ1) is 14.0. The Labute approximate surface area is 121 Å². The largest absolute Gasteiger partial charge is 0.493 e. The zero-order chi connectivity index (χ0) is 13.8. The lowest BCUT2D eigenvalue weighted by Gasteiger charge is -2.13. The molecule has 0 amide bonds. The standard InChI is InChI=1S/C12H13Cl2N3O2/c1-17-6-10(15-16-17)7-19-12-8(5-13)3-9(14)4-11(12)18-2/h3-4,6H,5,7H2,1-2H3. The van der Waals surface area contributed by atoms with E-state index in [0.717, 1.165) is 11.3 Å². The molecule has 0 spiro atoms. The lowest BCUT2D eigenvalue weighted by Crippen LogP contribution is -2.01. The summed E-state index contributed by atoms with van der Waals surface area (Å²) < 4.78 is 12.6. The molecule has 1 heterocycles. The second kappa shape index (κ2) is 6.12. The van der Waals surface area contributed by atoms with Gasteiger partial charge in [-0.15, -0.1) is 16.7 Å². The molecule has 1 aromatic carbocycles. The molecule has 0 aliphatic carbocycles. The van der Waals surface area contributed by atoms with Crippen LogP contribution >= 0.6 is 23.2 Å². The average molecular weight is 302 g/mol. The van der Waals surface area contributed by atoms with Gasteiger partial charge in [0.25, 0.3) is 0 Å². The van der Waals surface area contributed by atoms with Gasteiger partial charge in [-0.05, 0) is 6.07 Å². The third kappa shape index (κ3) is 3.30. The van der Waals surface area contributed by atoms with Crippen molar-refractivity contribution in [3.05, 3.63) is 34.6 Å². The zero-order valence-electron chi connectivity index (χ0n) is 10.6. The van der Waals surface area contributed by atoms with Gasteiger partial charge in [0, 0.05) is 23.7 Å². The number of hydrogen-bond donors (Lipinski definition) is 0. The molecule has 1 aromatic heterocycles. The molecule has 0 atom stereocenters. The summed E-state index contributed by atoms with van der Waals surface area (Å²) in [4.78, 5) is 0. The molecule has 7 heteroatoms. The highest BCUT2D eigenvalue weighted by Gasteiger charge is 2.13. The maximum Gasteiger partial charge on any atom is 0.166 e. The fourth-order valence-electron chi connectivity index (χ4n) is 1.64. The summed E-state index contributed by atoms with van der Waals surface area (Å²) in [5.74, 6) is 1.41. The molecule has 0 unspecified atom stereocenters. The Morgan fingerprint density at radius 1 is 1.37 bits per heavy atom. The van der Waals surface area contributed by atoms with E-state index in [0.29, 0.717) is 16.5 Å². The van der Waals surface area contributed by atoms with Crippen molar-refractivity contribution >= 4 is 23.2 Å². The van der Waals surface area contributed by atoms with Crippen LogP contribution in [0.5, 0.6) is 11.5 Å². The molecule has 0 radical (unpaired) electrons. The van der Waals surface area contributed by atoms with Crippen LogP contribution in [0.1, 0.15) is 11.3 Å². The van der Waals surface area contributed by atoms with E-state index in [4.69, 9.17) is 32.7 Å². The van der Waals surface area contributed by atoms with Gasteiger partial charge >= 0.3 is 0 Å². The van der Waals surface area contributed by atoms with Crippen LogP contribution in [0.4, 0.5) is 0 Å². The summed E-state index contributed by atoms with van der Waals surface area (Å²) in [6, 6.07) is 3.44. The average Bonchev–Trinajstić information content (AvgIpc) is 2.81. The van der Waals surface area contributed by atoms with Crippen molar-refractivity contribution in [1.29, 1.82) is 0 Å². The van der Waals surface area contributed by atoms with Gasteiger partial charge in [0.05, 0.1) is 19.2 Å². The minimum absolute atomic E-state index is 0.284. The van der Waals surface area contributed by atoms with E-state index in [1.54, 1.807) is 37.2 Å². The monoisotopic (exact) mass is 301 g/mol. The number of nitrogens with zero attached hydrogens (tertiary/aromatic N) is 3. The molecule has 19 heavy (non-hydrogen) atoms. The number of halogens is 2. The Hall–Kier alpha value is -1.46. The second-order valence-corrected chi connectivity index (χ2v) is 4.61. The molecule has 2 rings (SSSR count). The number of benzene rings is 1. The van der Waals surface area contributed by atoms with Gasteiger partial charge < -0.3 is 9.47 Å². The first-order chi connectivity index (χ1) is 9.13. The van der Waals surface area contributed by atoms with Gasteiger partial charge in [0.2, 0.25) is 0 Å². The van der Waals surface area contributed by atoms with Crippen molar-refractivity contribution in [3.63, 3.8) is 0 Å². The number of methoxy groups -OCH3 is 1. The van der Waals surface area contributed by atoms with E-state index in [2.05, 4.69) is 10.3 Å². The van der Waals surface area contributed by atoms with E-state index in [1.165, 1.54) is 0 Å². The van der Waals surface area contributed by atoms with Crippen LogP contribution in [0, 0.1) is 0 Å². The topological polar surface area (TPSA) is 49.2 Å². The quantitative estimate of drug-likeness (QED) is 0.797. The molecule has 0 aliphatic rings. The van der Waals surface area contributed by atoms with Crippen LogP contribution in [-0.2, 0) is 19.5 Å². The predicted molar refractivity (Wildman–Crippen MR) is 72.9 cm³/mol. The van der Waals surface area contributed by atoms with Crippen molar-refractivity contribution in [2.45, 2.75) is 12.5 Å². The van der Waals surface area contributed by atoms with Crippen LogP contribution in [0.3, 0.4) is 0 Å². The number of rotatable bonds is 5. The molecule has 0 bridgehead atoms. The van der Waals surface area contributed by atoms with E-state index in [-0.39, 0.29) is 12.5 Å². The number of ether oxygens (including phenoxy) is 2. The van der Waals surface area contributed by atoms with E-state index in [1.807, 2.05) is 0 Å². The number of alkyl halides is 1. The van der Waals surface area contributed by atoms with Crippen LogP contribution in [-0.4, -0.2) is 22.1 Å². The first-order valence-electron chi connectivity index (χ1n) is 5.54. The Bertz CT molecular complexity index is 547. The maximum atomic E-state index is 5.98. The fourth-order valence-corrected chi connectivity index (χ4v) is 2.07. The minimum atomic E-state index is 0.284. The Balaban J connectivity index is 2.23. The predicted octanol–water partition coefficient (Wildman–Crippen LogP) is 2.79. The fraction of sp³-hybridized carbons (Fsp3) is 0.333. The lowest BCUT2D eigenvalue weighted by atomic mass is 10.2. The molecular weight excluding hydrogens is 289 g/mol. The molecule has 0 N–H and O–H groups in total. The molecule has 0 aliphatic heterocycles. The smallest absolute Gasteiger partial charge is 0.166 e. The van der Waals surface area contributed by atoms with Crippen molar-refractivity contribution in [2.24, 2.45) is 7.05 Å². The number of aromatic nitrogens is 3. The van der Waals surface area contributed by atoms with E-state index < -0.39 is 0 Å². The van der Waals surface area contributed by atoms with E-state index >= 15 is 0 Å². The lowest BCUT2D eigenvalue weighted by molar-refractivity contribution is 0.278. The third-order valence-corrected chi connectivity index (χ3v) is 2.98. The molecule has 0 fully saturated rings. The van der Waals surface area contributed by atoms with Gasteiger partial charge in [-0.2, -0.15) is 0 Å². The third-order valence-electron chi connectivity index (χ3n) is 2.47. The summed E-state index contributed by atoms with van der Waals surface area (Å²) in [6.07, 6.45) is 1.78. The molecule has 102 valence electrons. The van der Waals surface area contributed by atoms with Crippen molar-refractivity contribution < 1.29 is 9.47 Å². The van der Waals surface area contributed by atoms with Crippen LogP contribution in [0.15, 0.2) is 18.3 Å². The molecule has 0 saturated heterocycles. The van der Waals surface area contributed by atoms with Gasteiger partial charge in [-0.1, -0.05) is 16.8 Å². The Morgan fingerprint density at radius 2 is 2.16 bits per heavy atom. The highest BCUT2D eigenvalue weighted by molar-refractivity contribution is 6.31. The van der Waals surface area contributed by atoms with Crippen molar-refractivity contribution in [1.82, 2.24) is 15.0 Å². The summed E-state index contributed by atoms with van der Waals surface area (Å²) in [5, 5.41) is 8.34. The van der Waals surface area contributed by atoms with Gasteiger partial charge in [-0.3, -0.25) is 4.68 Å². The summed E-state index contributed by atoms with van der Waals surface area (Å²) in [7, 11) is 3.35. The van der Waals surface area contributed by atoms with Crippen molar-refractivity contribution in [3.8, 4) is 11.5 Å². The normalized spacial score (nSPS) is 10.5. The number of hydrogen-bond acceptors (Lipinski definition) is 4. The SMILES string of the molecule is COc1cc(Cl)cc(CCl)c1OCc1cn(C)nn1. The summed E-state index contributed by atoms with van der Waals surface area (Å²) >= 11 is 11.9. The Kier molecular flexibility index (Phi) is 4.50. The zero-order valence-corrected chi connectivity index (χ0v) is 12.1. The maximum absolute atomic E-state index is 5.98. The van der Waals surface area contributed by atoms with Crippen LogP contribution < -0.4 is 9.47 Å². The van der Waals surface area contributed by atoms with Gasteiger partial charge in [-0.25, -0.2) is 0 Å². The van der Waals surface area contributed by atoms with Crippen LogP contribution in [0.25, 0.3) is 0 Å². The highest BCUT2D eigenvalue weighted by Crippen LogP contribution is 2.36. The minimum Gasteiger partial charge on any atom is -0.493 e. The second-order valence-electron chi connectivity index (χ2n) is 3.90. The van der Waals surface area contributed by atoms with E-state index in [9.17, 15) is 0 Å². The summed E-state index contributed by atoms with van der Waals surface area (Å²) in [5.41, 5.74) is 1.50. The molecule has 2 aromatic rings. The molecule has 5 nitrogen and oxygen atoms in total. The van der Waals surface area contributed by atoms with Crippen molar-refractivity contribution in [2.75, 3.05) is 7.11 Å². The first-order valence-corrected chi connectivity index (χ1v) is 6.45. The van der Waals surface area contributed by atoms with Crippen LogP contribution in [0.2, 0.25) is 5.02 Å². The highest BCUT2D eigenvalue weighted by atomic mass is 35.5. The summed E-state index contributed by atoms with van der Waals surface area (Å²) in [6.45, 7) is 0.287. The van der Waals surface area contributed by atoms with Gasteiger partial charge in [0.15, 0.2) is 11.5 Å². The molecule has 0 saturated carbocycles. The van der Waals surface area contributed by atoms with Gasteiger partial charge in [0.1, 0.15) is 12.3 Å². The molecular formula is C12H13Cl2N3O2. The number of aryl methyl sites for hydroxylation is 1.